The Bertz CT molecular complexity index is 771. The normalized spacial score (nSPS) is 29.0. The van der Waals surface area contributed by atoms with Gasteiger partial charge in [0.05, 0.1) is 11.8 Å². The number of fused-ring (bicyclic) bond motifs is 5. The third-order valence-corrected chi connectivity index (χ3v) is 5.48. The summed E-state index contributed by atoms with van der Waals surface area (Å²) in [5.41, 5.74) is 0. The molecule has 2 fully saturated rings. The van der Waals surface area contributed by atoms with Crippen LogP contribution in [0.3, 0.4) is 0 Å². The van der Waals surface area contributed by atoms with E-state index in [4.69, 9.17) is 4.52 Å². The Balaban J connectivity index is 1.32. The molecule has 1 saturated heterocycles. The van der Waals surface area contributed by atoms with Gasteiger partial charge in [-0.25, -0.2) is 4.99 Å². The maximum absolute atomic E-state index is 12.7. The second-order valence-electron chi connectivity index (χ2n) is 7.19. The van der Waals surface area contributed by atoms with E-state index in [0.717, 1.165) is 6.42 Å². The van der Waals surface area contributed by atoms with Crippen LogP contribution in [-0.2, 0) is 16.1 Å². The number of nitrogens with one attached hydrogen (secondary N) is 2. The predicted molar refractivity (Wildman–Crippen MR) is 96.3 cm³/mol. The molecule has 9 heteroatoms. The summed E-state index contributed by atoms with van der Waals surface area (Å²) in [5.74, 6) is 1.74. The number of carbonyl (C=O) groups excluding carboxylic acids is 2. The van der Waals surface area contributed by atoms with Crippen LogP contribution in [0, 0.1) is 30.6 Å². The Morgan fingerprint density at radius 2 is 1.96 bits per heavy atom. The molecule has 2 amide bonds. The van der Waals surface area contributed by atoms with E-state index in [-0.39, 0.29) is 42.0 Å². The van der Waals surface area contributed by atoms with Gasteiger partial charge in [0.15, 0.2) is 11.8 Å². The van der Waals surface area contributed by atoms with Crippen LogP contribution in [0.2, 0.25) is 0 Å². The van der Waals surface area contributed by atoms with E-state index in [0.29, 0.717) is 37.3 Å². The molecule has 2 aliphatic carbocycles. The van der Waals surface area contributed by atoms with E-state index >= 15 is 0 Å². The number of rotatable bonds is 6. The number of allylic oxidation sites excluding steroid dienone is 2. The molecule has 144 valence electrons. The molecule has 2 bridgehead atoms. The highest BCUT2D eigenvalue weighted by Gasteiger charge is 2.58. The molecular weight excluding hydrogens is 348 g/mol. The molecule has 1 aromatic heterocycles. The van der Waals surface area contributed by atoms with Crippen LogP contribution in [0.5, 0.6) is 0 Å². The maximum Gasteiger partial charge on any atom is 0.248 e. The molecule has 27 heavy (non-hydrogen) atoms. The number of hydrogen-bond acceptors (Lipinski definition) is 6. The fourth-order valence-electron chi connectivity index (χ4n) is 4.36. The molecule has 0 aromatic carbocycles. The van der Waals surface area contributed by atoms with Crippen molar-refractivity contribution in [3.05, 3.63) is 23.9 Å². The van der Waals surface area contributed by atoms with E-state index in [1.807, 2.05) is 6.92 Å². The number of imide groups is 1. The van der Waals surface area contributed by atoms with Gasteiger partial charge < -0.3 is 15.2 Å². The monoisotopic (exact) mass is 372 g/mol. The summed E-state index contributed by atoms with van der Waals surface area (Å²) in [7, 11) is 0. The highest BCUT2D eigenvalue weighted by molar-refractivity contribution is 6.06. The number of nitrogens with zero attached hydrogens (tertiary/aromatic N) is 4. The lowest BCUT2D eigenvalue weighted by Gasteiger charge is -2.18. The minimum Gasteiger partial charge on any atom is -0.357 e. The van der Waals surface area contributed by atoms with Gasteiger partial charge in [-0.15, -0.1) is 0 Å². The number of likely N-dealkylation sites (tertiary alicyclic amines) is 1. The Labute approximate surface area is 157 Å². The number of aryl methyl sites for hydroxylation is 1. The molecule has 4 unspecified atom stereocenters. The summed E-state index contributed by atoms with van der Waals surface area (Å²) in [5, 5.41) is 10.0. The van der Waals surface area contributed by atoms with Crippen molar-refractivity contribution in [2.45, 2.75) is 26.8 Å². The third-order valence-electron chi connectivity index (χ3n) is 5.48. The molecule has 4 atom stereocenters. The molecule has 9 nitrogen and oxygen atoms in total. The van der Waals surface area contributed by atoms with E-state index in [9.17, 15) is 9.59 Å². The van der Waals surface area contributed by atoms with E-state index < -0.39 is 0 Å². The molecule has 0 radical (unpaired) electrons. The Hall–Kier alpha value is -2.71. The lowest BCUT2D eigenvalue weighted by Crippen LogP contribution is -2.43. The van der Waals surface area contributed by atoms with Crippen molar-refractivity contribution in [3.8, 4) is 0 Å². The zero-order valence-corrected chi connectivity index (χ0v) is 15.5. The van der Waals surface area contributed by atoms with Crippen molar-refractivity contribution in [1.82, 2.24) is 25.7 Å². The average molecular weight is 372 g/mol. The van der Waals surface area contributed by atoms with Crippen molar-refractivity contribution >= 4 is 17.8 Å². The standard InChI is InChI=1S/C18H24N6O3/c1-3-19-18(21-9-13-22-10(2)23-27-13)20-6-7-24-16(25)14-11-4-5-12(8-11)15(14)17(24)26/h4-5,11-12,14-15H,3,6-9H2,1-2H3,(H2,19,20,21). The van der Waals surface area contributed by atoms with Crippen molar-refractivity contribution in [1.29, 1.82) is 0 Å². The minimum atomic E-state index is -0.143. The van der Waals surface area contributed by atoms with Crippen LogP contribution in [0.25, 0.3) is 0 Å². The van der Waals surface area contributed by atoms with Gasteiger partial charge in [-0.2, -0.15) is 4.98 Å². The van der Waals surface area contributed by atoms with Crippen LogP contribution >= 0.6 is 0 Å². The topological polar surface area (TPSA) is 113 Å². The van der Waals surface area contributed by atoms with Crippen LogP contribution in [-0.4, -0.2) is 52.4 Å². The summed E-state index contributed by atoms with van der Waals surface area (Å²) in [6.07, 6.45) is 5.16. The van der Waals surface area contributed by atoms with E-state index in [2.05, 4.69) is 37.9 Å². The SMILES string of the molecule is CCNC(=NCc1nc(C)no1)NCCN1C(=O)C2C3C=CC(C3)C2C1=O. The van der Waals surface area contributed by atoms with Crippen LogP contribution in [0.4, 0.5) is 0 Å². The lowest BCUT2D eigenvalue weighted by molar-refractivity contribution is -0.140. The zero-order valence-electron chi connectivity index (χ0n) is 15.5. The average Bonchev–Trinajstić information content (AvgIpc) is 3.40. The van der Waals surface area contributed by atoms with Gasteiger partial charge in [-0.3, -0.25) is 14.5 Å². The van der Waals surface area contributed by atoms with E-state index in [1.165, 1.54) is 4.90 Å². The second kappa shape index (κ2) is 7.13. The first-order valence-corrected chi connectivity index (χ1v) is 9.43. The molecule has 2 N–H and O–H groups in total. The first-order valence-electron chi connectivity index (χ1n) is 9.43. The van der Waals surface area contributed by atoms with Gasteiger partial charge in [-0.05, 0) is 32.1 Å². The molecular formula is C18H24N6O3. The Kier molecular flexibility index (Phi) is 4.67. The van der Waals surface area contributed by atoms with Gasteiger partial charge in [0.1, 0.15) is 6.54 Å². The molecule has 3 aliphatic rings. The van der Waals surface area contributed by atoms with Gasteiger partial charge >= 0.3 is 0 Å². The largest absolute Gasteiger partial charge is 0.357 e. The highest BCUT2D eigenvalue weighted by Crippen LogP contribution is 2.52. The number of guanidine groups is 1. The van der Waals surface area contributed by atoms with Crippen LogP contribution in [0.15, 0.2) is 21.7 Å². The number of amides is 2. The van der Waals surface area contributed by atoms with Gasteiger partial charge in [0.25, 0.3) is 0 Å². The fraction of sp³-hybridized carbons (Fsp3) is 0.611. The quantitative estimate of drug-likeness (QED) is 0.318. The minimum absolute atomic E-state index is 0.0214. The third kappa shape index (κ3) is 3.22. The van der Waals surface area contributed by atoms with Gasteiger partial charge in [0, 0.05) is 19.6 Å². The Morgan fingerprint density at radius 1 is 1.26 bits per heavy atom. The summed E-state index contributed by atoms with van der Waals surface area (Å²) < 4.78 is 5.05. The second-order valence-corrected chi connectivity index (χ2v) is 7.19. The number of aromatic nitrogens is 2. The maximum atomic E-state index is 12.7. The van der Waals surface area contributed by atoms with Crippen molar-refractivity contribution < 1.29 is 14.1 Å². The summed E-state index contributed by atoms with van der Waals surface area (Å²) >= 11 is 0. The summed E-state index contributed by atoms with van der Waals surface area (Å²) in [6.45, 7) is 5.45. The van der Waals surface area contributed by atoms with Crippen molar-refractivity contribution in [2.24, 2.45) is 28.7 Å². The predicted octanol–water partition coefficient (Wildman–Crippen LogP) is 0.240. The fourth-order valence-corrected chi connectivity index (χ4v) is 4.36. The number of aliphatic imine (C=N–C) groups is 1. The molecule has 2 heterocycles. The first-order chi connectivity index (χ1) is 13.1. The molecule has 1 saturated carbocycles. The summed E-state index contributed by atoms with van der Waals surface area (Å²) in [6, 6.07) is 0. The highest BCUT2D eigenvalue weighted by atomic mass is 16.5. The zero-order chi connectivity index (χ0) is 19.0. The van der Waals surface area contributed by atoms with Crippen molar-refractivity contribution in [2.75, 3.05) is 19.6 Å². The van der Waals surface area contributed by atoms with Crippen LogP contribution < -0.4 is 10.6 Å². The number of hydrogen-bond donors (Lipinski definition) is 2. The Morgan fingerprint density at radius 3 is 2.56 bits per heavy atom. The molecule has 0 spiro atoms. The molecule has 1 aromatic rings. The molecule has 1 aliphatic heterocycles. The van der Waals surface area contributed by atoms with E-state index in [1.54, 1.807) is 6.92 Å². The molecule has 4 rings (SSSR count). The van der Waals surface area contributed by atoms with Gasteiger partial charge in [0.2, 0.25) is 17.7 Å². The van der Waals surface area contributed by atoms with Crippen LogP contribution in [0.1, 0.15) is 25.1 Å². The first kappa shape index (κ1) is 17.7. The summed E-state index contributed by atoms with van der Waals surface area (Å²) in [4.78, 5) is 35.3. The van der Waals surface area contributed by atoms with Crippen molar-refractivity contribution in [3.63, 3.8) is 0 Å². The smallest absolute Gasteiger partial charge is 0.248 e. The lowest BCUT2D eigenvalue weighted by atomic mass is 9.85. The number of carbonyl (C=O) groups is 2. The van der Waals surface area contributed by atoms with Gasteiger partial charge in [-0.1, -0.05) is 17.3 Å².